The van der Waals surface area contributed by atoms with E-state index in [1.807, 2.05) is 32.0 Å². The van der Waals surface area contributed by atoms with Gasteiger partial charge in [-0.25, -0.2) is 0 Å². The minimum atomic E-state index is -0.109. The quantitative estimate of drug-likeness (QED) is 0.717. The van der Waals surface area contributed by atoms with Crippen LogP contribution in [0.1, 0.15) is 34.4 Å². The zero-order valence-electron chi connectivity index (χ0n) is 10.1. The number of hydrogen-bond donors (Lipinski definition) is 0. The van der Waals surface area contributed by atoms with Gasteiger partial charge in [0.1, 0.15) is 5.76 Å². The Labute approximate surface area is 123 Å². The Morgan fingerprint density at radius 2 is 1.94 bits per heavy atom. The molecule has 18 heavy (non-hydrogen) atoms. The lowest BCUT2D eigenvalue weighted by atomic mass is 10.1. The number of aryl methyl sites for hydroxylation is 2. The van der Waals surface area contributed by atoms with Gasteiger partial charge >= 0.3 is 0 Å². The van der Waals surface area contributed by atoms with E-state index in [0.29, 0.717) is 11.3 Å². The third-order valence-corrected chi connectivity index (χ3v) is 4.24. The summed E-state index contributed by atoms with van der Waals surface area (Å²) >= 11 is 6.86. The van der Waals surface area contributed by atoms with E-state index in [9.17, 15) is 4.79 Å². The van der Waals surface area contributed by atoms with E-state index >= 15 is 0 Å². The lowest BCUT2D eigenvalue weighted by Gasteiger charge is -2.05. The van der Waals surface area contributed by atoms with E-state index in [0.717, 1.165) is 26.7 Å². The first kappa shape index (κ1) is 13.6. The van der Waals surface area contributed by atoms with Crippen molar-refractivity contribution in [1.29, 1.82) is 0 Å². The number of hydrogen-bond acceptors (Lipinski definition) is 2. The van der Waals surface area contributed by atoms with Crippen molar-refractivity contribution in [1.82, 2.24) is 0 Å². The highest BCUT2D eigenvalue weighted by Crippen LogP contribution is 2.27. The number of halogens is 2. The van der Waals surface area contributed by atoms with E-state index in [-0.39, 0.29) is 5.78 Å². The molecule has 0 unspecified atom stereocenters. The molecule has 0 bridgehead atoms. The predicted octanol–water partition coefficient (Wildman–Crippen LogP) is 4.91. The normalized spacial score (nSPS) is 10.7. The van der Waals surface area contributed by atoms with Gasteiger partial charge < -0.3 is 4.42 Å². The van der Waals surface area contributed by atoms with Crippen LogP contribution in [0.2, 0.25) is 0 Å². The highest BCUT2D eigenvalue weighted by molar-refractivity contribution is 9.11. The van der Waals surface area contributed by atoms with Crippen molar-refractivity contribution in [3.8, 4) is 0 Å². The lowest BCUT2D eigenvalue weighted by molar-refractivity contribution is 0.101. The lowest BCUT2D eigenvalue weighted by Crippen LogP contribution is -2.01. The molecule has 0 amide bonds. The highest BCUT2D eigenvalue weighted by Gasteiger charge is 2.17. The van der Waals surface area contributed by atoms with E-state index in [4.69, 9.17) is 4.42 Å². The van der Waals surface area contributed by atoms with Crippen LogP contribution >= 0.6 is 31.9 Å². The summed E-state index contributed by atoms with van der Waals surface area (Å²) in [7, 11) is 0. The Kier molecular flexibility index (Phi) is 4.07. The average molecular weight is 372 g/mol. The van der Waals surface area contributed by atoms with Gasteiger partial charge in [0, 0.05) is 20.9 Å². The van der Waals surface area contributed by atoms with Gasteiger partial charge in [0.15, 0.2) is 5.76 Å². The molecule has 0 fully saturated rings. The summed E-state index contributed by atoms with van der Waals surface area (Å²) in [5, 5.41) is 0. The first-order valence-corrected chi connectivity index (χ1v) is 7.20. The maximum Gasteiger partial charge on any atom is 0.229 e. The number of ketones is 1. The van der Waals surface area contributed by atoms with Crippen molar-refractivity contribution < 1.29 is 9.21 Å². The highest BCUT2D eigenvalue weighted by atomic mass is 79.9. The summed E-state index contributed by atoms with van der Waals surface area (Å²) in [6, 6.07) is 7.29. The van der Waals surface area contributed by atoms with E-state index in [2.05, 4.69) is 31.9 Å². The molecule has 0 N–H and O–H groups in total. The van der Waals surface area contributed by atoms with Crippen molar-refractivity contribution in [2.24, 2.45) is 0 Å². The SMILES string of the molecule is CCc1ccc(C(=O)c2cc(Br)c(C)cc2Br)o1. The molecule has 4 heteroatoms. The number of rotatable bonds is 3. The number of furan rings is 1. The van der Waals surface area contributed by atoms with E-state index < -0.39 is 0 Å². The van der Waals surface area contributed by atoms with Crippen LogP contribution in [0.4, 0.5) is 0 Å². The zero-order chi connectivity index (χ0) is 13.3. The van der Waals surface area contributed by atoms with Crippen LogP contribution in [-0.2, 0) is 6.42 Å². The third kappa shape index (κ3) is 2.59. The van der Waals surface area contributed by atoms with Crippen LogP contribution < -0.4 is 0 Å². The maximum absolute atomic E-state index is 12.3. The Morgan fingerprint density at radius 3 is 2.56 bits per heavy atom. The van der Waals surface area contributed by atoms with Gasteiger partial charge in [0.25, 0.3) is 0 Å². The molecule has 2 nitrogen and oxygen atoms in total. The molecule has 0 aliphatic carbocycles. The fourth-order valence-corrected chi connectivity index (χ4v) is 2.62. The second kappa shape index (κ2) is 5.41. The molecule has 0 atom stereocenters. The Balaban J connectivity index is 2.42. The van der Waals surface area contributed by atoms with Crippen molar-refractivity contribution >= 4 is 37.6 Å². The van der Waals surface area contributed by atoms with Crippen LogP contribution in [0.15, 0.2) is 37.6 Å². The molecule has 94 valence electrons. The zero-order valence-corrected chi connectivity index (χ0v) is 13.3. The smallest absolute Gasteiger partial charge is 0.229 e. The first-order chi connectivity index (χ1) is 8.52. The molecule has 2 rings (SSSR count). The second-order valence-corrected chi connectivity index (χ2v) is 5.74. The van der Waals surface area contributed by atoms with E-state index in [1.54, 1.807) is 6.07 Å². The van der Waals surface area contributed by atoms with Crippen LogP contribution in [-0.4, -0.2) is 5.78 Å². The Bertz CT molecular complexity index is 600. The second-order valence-electron chi connectivity index (χ2n) is 4.03. The van der Waals surface area contributed by atoms with Gasteiger partial charge in [0.2, 0.25) is 5.78 Å². The maximum atomic E-state index is 12.3. The summed E-state index contributed by atoms with van der Waals surface area (Å²) in [5.41, 5.74) is 1.68. The van der Waals surface area contributed by atoms with Crippen LogP contribution in [0, 0.1) is 6.92 Å². The van der Waals surface area contributed by atoms with Crippen molar-refractivity contribution in [3.63, 3.8) is 0 Å². The van der Waals surface area contributed by atoms with Gasteiger partial charge in [-0.1, -0.05) is 38.8 Å². The number of carbonyl (C=O) groups excluding carboxylic acids is 1. The Morgan fingerprint density at radius 1 is 1.22 bits per heavy atom. The number of benzene rings is 1. The molecular formula is C14H12Br2O2. The third-order valence-electron chi connectivity index (χ3n) is 2.73. The fraction of sp³-hybridized carbons (Fsp3) is 0.214. The molecular weight excluding hydrogens is 360 g/mol. The van der Waals surface area contributed by atoms with E-state index in [1.165, 1.54) is 0 Å². The van der Waals surface area contributed by atoms with Crippen molar-refractivity contribution in [2.75, 3.05) is 0 Å². The largest absolute Gasteiger partial charge is 0.458 e. The van der Waals surface area contributed by atoms with Crippen molar-refractivity contribution in [3.05, 3.63) is 55.9 Å². The van der Waals surface area contributed by atoms with Gasteiger partial charge in [-0.15, -0.1) is 0 Å². The van der Waals surface area contributed by atoms with Gasteiger partial charge in [-0.3, -0.25) is 4.79 Å². The standard InChI is InChI=1S/C14H12Br2O2/c1-3-9-4-5-13(18-9)14(17)10-7-11(15)8(2)6-12(10)16/h4-7H,3H2,1-2H3. The Hall–Kier alpha value is -0.870. The minimum Gasteiger partial charge on any atom is -0.458 e. The minimum absolute atomic E-state index is 0.109. The van der Waals surface area contributed by atoms with Crippen molar-refractivity contribution in [2.45, 2.75) is 20.3 Å². The molecule has 1 heterocycles. The summed E-state index contributed by atoms with van der Waals surface area (Å²) in [6.07, 6.45) is 0.784. The average Bonchev–Trinajstić information content (AvgIpc) is 2.81. The summed E-state index contributed by atoms with van der Waals surface area (Å²) < 4.78 is 7.18. The monoisotopic (exact) mass is 370 g/mol. The van der Waals surface area contributed by atoms with Crippen LogP contribution in [0.5, 0.6) is 0 Å². The first-order valence-electron chi connectivity index (χ1n) is 5.62. The molecule has 2 aromatic rings. The van der Waals surface area contributed by atoms with Gasteiger partial charge in [-0.05, 0) is 36.8 Å². The molecule has 0 aliphatic rings. The summed E-state index contributed by atoms with van der Waals surface area (Å²) in [4.78, 5) is 12.3. The predicted molar refractivity (Wildman–Crippen MR) is 78.1 cm³/mol. The van der Waals surface area contributed by atoms with Gasteiger partial charge in [-0.2, -0.15) is 0 Å². The topological polar surface area (TPSA) is 30.2 Å². The molecule has 1 aromatic heterocycles. The summed E-state index contributed by atoms with van der Waals surface area (Å²) in [5.74, 6) is 1.09. The molecule has 1 aromatic carbocycles. The molecule has 0 aliphatic heterocycles. The molecule has 0 saturated carbocycles. The van der Waals surface area contributed by atoms with Gasteiger partial charge in [0.05, 0.1) is 0 Å². The molecule has 0 radical (unpaired) electrons. The summed E-state index contributed by atoms with van der Waals surface area (Å²) in [6.45, 7) is 3.97. The van der Waals surface area contributed by atoms with Crippen LogP contribution in [0.25, 0.3) is 0 Å². The molecule has 0 spiro atoms. The fourth-order valence-electron chi connectivity index (χ4n) is 1.64. The van der Waals surface area contributed by atoms with Crippen LogP contribution in [0.3, 0.4) is 0 Å². The number of carbonyl (C=O) groups is 1. The molecule has 0 saturated heterocycles.